The molecule has 1 aromatic heterocycles. The van der Waals surface area contributed by atoms with Gasteiger partial charge in [0.15, 0.2) is 0 Å². The Hall–Kier alpha value is -0.740. The summed E-state index contributed by atoms with van der Waals surface area (Å²) in [6, 6.07) is 5.23. The zero-order valence-corrected chi connectivity index (χ0v) is 13.1. The second kappa shape index (κ2) is 7.15. The Morgan fingerprint density at radius 2 is 2.21 bits per heavy atom. The molecule has 0 saturated heterocycles. The van der Waals surface area contributed by atoms with Crippen molar-refractivity contribution in [1.29, 1.82) is 0 Å². The van der Waals surface area contributed by atoms with E-state index in [1.165, 1.54) is 24.1 Å². The zero-order valence-electron chi connectivity index (χ0n) is 12.3. The lowest BCUT2D eigenvalue weighted by atomic mass is 10.2. The third-order valence-corrected chi connectivity index (χ3v) is 4.07. The Balaban J connectivity index is 2.04. The molecule has 1 aliphatic rings. The van der Waals surface area contributed by atoms with E-state index >= 15 is 0 Å². The lowest BCUT2D eigenvalue weighted by Crippen LogP contribution is -2.22. The van der Waals surface area contributed by atoms with Crippen molar-refractivity contribution >= 4 is 17.6 Å². The molecule has 106 valence electrons. The number of rotatable bonds is 8. The van der Waals surface area contributed by atoms with Crippen LogP contribution in [0.2, 0.25) is 0 Å². The predicted octanol–water partition coefficient (Wildman–Crippen LogP) is 2.70. The third-order valence-electron chi connectivity index (χ3n) is 3.48. The summed E-state index contributed by atoms with van der Waals surface area (Å²) in [6.07, 6.45) is 5.83. The molecule has 3 nitrogen and oxygen atoms in total. The Bertz CT molecular complexity index is 404. The number of hydrogen-bond acceptors (Lipinski definition) is 4. The summed E-state index contributed by atoms with van der Waals surface area (Å²) in [4.78, 5) is 7.00. The summed E-state index contributed by atoms with van der Waals surface area (Å²) in [5.41, 5.74) is 2.56. The number of pyridine rings is 1. The van der Waals surface area contributed by atoms with Gasteiger partial charge >= 0.3 is 0 Å². The molecule has 4 heteroatoms. The van der Waals surface area contributed by atoms with Crippen molar-refractivity contribution in [2.24, 2.45) is 0 Å². The van der Waals surface area contributed by atoms with E-state index in [9.17, 15) is 0 Å². The number of nitrogens with one attached hydrogen (secondary N) is 1. The van der Waals surface area contributed by atoms with Gasteiger partial charge in [0.25, 0.3) is 0 Å². The van der Waals surface area contributed by atoms with Gasteiger partial charge in [-0.2, -0.15) is 11.8 Å². The van der Waals surface area contributed by atoms with Gasteiger partial charge in [0.2, 0.25) is 0 Å². The minimum Gasteiger partial charge on any atom is -0.359 e. The van der Waals surface area contributed by atoms with Crippen LogP contribution in [0.5, 0.6) is 0 Å². The fraction of sp³-hybridized carbons (Fsp3) is 0.667. The molecule has 1 fully saturated rings. The highest BCUT2D eigenvalue weighted by molar-refractivity contribution is 7.98. The van der Waals surface area contributed by atoms with E-state index < -0.39 is 0 Å². The normalized spacial score (nSPS) is 14.7. The number of aromatic nitrogens is 1. The molecule has 0 aromatic carbocycles. The molecule has 1 heterocycles. The number of nitrogens with zero attached hydrogens (tertiary/aromatic N) is 2. The SMILES string of the molecule is CCc1cc(CNC2CC2)cc(N(C)CCSC)n1. The summed E-state index contributed by atoms with van der Waals surface area (Å²) >= 11 is 1.88. The van der Waals surface area contributed by atoms with Crippen LogP contribution < -0.4 is 10.2 Å². The highest BCUT2D eigenvalue weighted by Crippen LogP contribution is 2.20. The summed E-state index contributed by atoms with van der Waals surface area (Å²) < 4.78 is 0. The Morgan fingerprint density at radius 3 is 2.84 bits per heavy atom. The summed E-state index contributed by atoms with van der Waals surface area (Å²) in [5.74, 6) is 2.26. The molecule has 19 heavy (non-hydrogen) atoms. The highest BCUT2D eigenvalue weighted by atomic mass is 32.2. The molecular formula is C15H25N3S. The molecule has 0 unspecified atom stereocenters. The molecule has 0 bridgehead atoms. The van der Waals surface area contributed by atoms with E-state index in [-0.39, 0.29) is 0 Å². The first kappa shape index (κ1) is 14.7. The van der Waals surface area contributed by atoms with E-state index in [2.05, 4.69) is 42.6 Å². The van der Waals surface area contributed by atoms with Crippen molar-refractivity contribution in [2.45, 2.75) is 38.8 Å². The molecule has 1 N–H and O–H groups in total. The molecule has 0 atom stereocenters. The second-order valence-electron chi connectivity index (χ2n) is 5.25. The first-order valence-corrected chi connectivity index (χ1v) is 8.55. The first-order valence-electron chi connectivity index (χ1n) is 7.16. The zero-order chi connectivity index (χ0) is 13.7. The van der Waals surface area contributed by atoms with E-state index in [0.29, 0.717) is 0 Å². The Kier molecular flexibility index (Phi) is 5.52. The topological polar surface area (TPSA) is 28.2 Å². The fourth-order valence-electron chi connectivity index (χ4n) is 2.00. The van der Waals surface area contributed by atoms with Crippen molar-refractivity contribution in [2.75, 3.05) is 30.5 Å². The molecule has 1 aliphatic carbocycles. The minimum atomic E-state index is 0.760. The van der Waals surface area contributed by atoms with E-state index in [1.54, 1.807) is 0 Å². The third kappa shape index (κ3) is 4.69. The monoisotopic (exact) mass is 279 g/mol. The molecule has 1 aromatic rings. The molecule has 0 aliphatic heterocycles. The van der Waals surface area contributed by atoms with Crippen molar-refractivity contribution < 1.29 is 0 Å². The highest BCUT2D eigenvalue weighted by Gasteiger charge is 2.20. The second-order valence-corrected chi connectivity index (χ2v) is 6.23. The van der Waals surface area contributed by atoms with Gasteiger partial charge in [-0.05, 0) is 43.2 Å². The van der Waals surface area contributed by atoms with Crippen LogP contribution in [-0.4, -0.2) is 36.6 Å². The fourth-order valence-corrected chi connectivity index (χ4v) is 2.46. The molecule has 0 radical (unpaired) electrons. The van der Waals surface area contributed by atoms with Gasteiger partial charge in [0, 0.05) is 37.6 Å². The van der Waals surface area contributed by atoms with Crippen LogP contribution in [0.25, 0.3) is 0 Å². The van der Waals surface area contributed by atoms with Crippen molar-refractivity contribution in [3.63, 3.8) is 0 Å². The van der Waals surface area contributed by atoms with Crippen LogP contribution in [-0.2, 0) is 13.0 Å². The standard InChI is InChI=1S/C15H25N3S/c1-4-13-9-12(11-16-14-5-6-14)10-15(17-13)18(2)7-8-19-3/h9-10,14,16H,4-8,11H2,1-3H3. The van der Waals surface area contributed by atoms with E-state index in [1.807, 2.05) is 11.8 Å². The number of aryl methyl sites for hydroxylation is 1. The Morgan fingerprint density at radius 1 is 1.42 bits per heavy atom. The average molecular weight is 279 g/mol. The van der Waals surface area contributed by atoms with Gasteiger partial charge in [0.05, 0.1) is 0 Å². The van der Waals surface area contributed by atoms with Crippen molar-refractivity contribution in [1.82, 2.24) is 10.3 Å². The number of hydrogen-bond donors (Lipinski definition) is 1. The molecule has 0 amide bonds. The van der Waals surface area contributed by atoms with Gasteiger partial charge < -0.3 is 10.2 Å². The predicted molar refractivity (Wildman–Crippen MR) is 85.1 cm³/mol. The maximum absolute atomic E-state index is 4.74. The first-order chi connectivity index (χ1) is 9.22. The minimum absolute atomic E-state index is 0.760. The number of anilines is 1. The van der Waals surface area contributed by atoms with Crippen molar-refractivity contribution in [3.05, 3.63) is 23.4 Å². The van der Waals surface area contributed by atoms with Crippen LogP contribution in [0.4, 0.5) is 5.82 Å². The Labute approximate surface area is 121 Å². The maximum atomic E-state index is 4.74. The lowest BCUT2D eigenvalue weighted by molar-refractivity contribution is 0.685. The quantitative estimate of drug-likeness (QED) is 0.792. The van der Waals surface area contributed by atoms with Crippen molar-refractivity contribution in [3.8, 4) is 0 Å². The van der Waals surface area contributed by atoms with Gasteiger partial charge in [-0.15, -0.1) is 0 Å². The van der Waals surface area contributed by atoms with Gasteiger partial charge in [-0.25, -0.2) is 4.98 Å². The summed E-state index contributed by atoms with van der Waals surface area (Å²) in [6.45, 7) is 4.20. The largest absolute Gasteiger partial charge is 0.359 e. The molecule has 1 saturated carbocycles. The summed E-state index contributed by atoms with van der Waals surface area (Å²) in [5, 5.41) is 3.58. The summed E-state index contributed by atoms with van der Waals surface area (Å²) in [7, 11) is 2.14. The van der Waals surface area contributed by atoms with E-state index in [0.717, 1.165) is 37.1 Å². The van der Waals surface area contributed by atoms with Crippen LogP contribution in [0.3, 0.4) is 0 Å². The van der Waals surface area contributed by atoms with Crippen LogP contribution in [0.15, 0.2) is 12.1 Å². The smallest absolute Gasteiger partial charge is 0.128 e. The number of thioether (sulfide) groups is 1. The van der Waals surface area contributed by atoms with Gasteiger partial charge in [-0.3, -0.25) is 0 Å². The van der Waals surface area contributed by atoms with E-state index in [4.69, 9.17) is 4.98 Å². The lowest BCUT2D eigenvalue weighted by Gasteiger charge is -2.19. The molecule has 2 rings (SSSR count). The average Bonchev–Trinajstić information content (AvgIpc) is 3.26. The van der Waals surface area contributed by atoms with Crippen LogP contribution in [0, 0.1) is 0 Å². The van der Waals surface area contributed by atoms with Crippen LogP contribution in [0.1, 0.15) is 31.0 Å². The molecular weight excluding hydrogens is 254 g/mol. The van der Waals surface area contributed by atoms with Gasteiger partial charge in [-0.1, -0.05) is 6.92 Å². The van der Waals surface area contributed by atoms with Crippen LogP contribution >= 0.6 is 11.8 Å². The molecule has 0 spiro atoms. The maximum Gasteiger partial charge on any atom is 0.128 e. The van der Waals surface area contributed by atoms with Gasteiger partial charge in [0.1, 0.15) is 5.82 Å².